The minimum absolute atomic E-state index is 0.359. The van der Waals surface area contributed by atoms with E-state index in [1.165, 1.54) is 0 Å². The molecule has 0 aliphatic rings. The van der Waals surface area contributed by atoms with Crippen LogP contribution in [0.2, 0.25) is 0 Å². The lowest BCUT2D eigenvalue weighted by atomic mass is 10.2. The fraction of sp³-hybridized carbons (Fsp3) is 0.800. The Hall–Kier alpha value is -0.0800. The molecule has 0 aromatic rings. The average molecular weight is 101 g/mol. The summed E-state index contributed by atoms with van der Waals surface area (Å²) in [6, 6.07) is 0. The monoisotopic (exact) mass is 101 g/mol. The summed E-state index contributed by atoms with van der Waals surface area (Å²) in [5.41, 5.74) is -0.359. The highest BCUT2D eigenvalue weighted by atomic mass is 17.2. The summed E-state index contributed by atoms with van der Waals surface area (Å²) in [4.78, 5) is 8.05. The van der Waals surface area contributed by atoms with Crippen LogP contribution in [0.5, 0.6) is 0 Å². The fourth-order valence-electron chi connectivity index (χ4n) is 0.125. The highest BCUT2D eigenvalue weighted by Gasteiger charge is 2.09. The summed E-state index contributed by atoms with van der Waals surface area (Å²) in [6.45, 7) is 5.42. The third kappa shape index (κ3) is 5.92. The number of rotatable bonds is 1. The van der Waals surface area contributed by atoms with Gasteiger partial charge in [0.25, 0.3) is 0 Å². The summed E-state index contributed by atoms with van der Waals surface area (Å²) in [6.07, 6.45) is 0. The molecule has 3 radical (unpaired) electrons. The van der Waals surface area contributed by atoms with E-state index in [4.69, 9.17) is 7.11 Å². The van der Waals surface area contributed by atoms with Gasteiger partial charge in [-0.3, -0.25) is 0 Å². The maximum Gasteiger partial charge on any atom is 0.219 e. The van der Waals surface area contributed by atoms with E-state index in [1.54, 1.807) is 0 Å². The van der Waals surface area contributed by atoms with E-state index < -0.39 is 0 Å². The molecule has 0 aliphatic carbocycles. The molecule has 0 aliphatic heterocycles. The van der Waals surface area contributed by atoms with E-state index in [0.29, 0.717) is 0 Å². The van der Waals surface area contributed by atoms with E-state index in [1.807, 2.05) is 20.8 Å². The molecule has 0 saturated carbocycles. The van der Waals surface area contributed by atoms with Crippen molar-refractivity contribution >= 4 is 0 Å². The minimum atomic E-state index is -0.359. The third-order valence-corrected chi connectivity index (χ3v) is 0.292. The smallest absolute Gasteiger partial charge is 0.219 e. The first-order valence-corrected chi connectivity index (χ1v) is 2.07. The van der Waals surface area contributed by atoms with Gasteiger partial charge in [-0.15, -0.1) is 0 Å². The molecule has 0 bridgehead atoms. The van der Waals surface area contributed by atoms with E-state index in [0.717, 1.165) is 0 Å². The van der Waals surface area contributed by atoms with Crippen LogP contribution in [-0.4, -0.2) is 5.60 Å². The Morgan fingerprint density at radius 2 is 1.71 bits per heavy atom. The topological polar surface area (TPSA) is 18.5 Å². The minimum Gasteiger partial charge on any atom is -0.230 e. The van der Waals surface area contributed by atoms with Crippen LogP contribution in [0.4, 0.5) is 0 Å². The van der Waals surface area contributed by atoms with Gasteiger partial charge in [-0.05, 0) is 20.8 Å². The summed E-state index contributed by atoms with van der Waals surface area (Å²) in [5.74, 6) is 0. The van der Waals surface area contributed by atoms with Crippen molar-refractivity contribution in [2.45, 2.75) is 26.4 Å². The predicted molar refractivity (Wildman–Crippen MR) is 25.2 cm³/mol. The van der Waals surface area contributed by atoms with E-state index in [-0.39, 0.29) is 5.60 Å². The fourth-order valence-corrected chi connectivity index (χ4v) is 0.125. The van der Waals surface area contributed by atoms with Gasteiger partial charge in [-0.1, -0.05) is 0 Å². The summed E-state index contributed by atoms with van der Waals surface area (Å²) in [7, 11) is 6.14. The number of hydrogen-bond donors (Lipinski definition) is 0. The van der Waals surface area contributed by atoms with Crippen LogP contribution in [0.3, 0.4) is 0 Å². The zero-order valence-corrected chi connectivity index (χ0v) is 4.82. The van der Waals surface area contributed by atoms with Gasteiger partial charge in [0.1, 0.15) is 0 Å². The van der Waals surface area contributed by atoms with Gasteiger partial charge < -0.3 is 0 Å². The molecule has 7 heavy (non-hydrogen) atoms. The van der Waals surface area contributed by atoms with Crippen LogP contribution in [0.1, 0.15) is 20.8 Å². The van der Waals surface area contributed by atoms with Gasteiger partial charge >= 0.3 is 0 Å². The molecule has 0 amide bonds. The third-order valence-electron chi connectivity index (χ3n) is 0.292. The van der Waals surface area contributed by atoms with Crippen LogP contribution in [0.15, 0.2) is 0 Å². The summed E-state index contributed by atoms with van der Waals surface area (Å²) in [5, 5.41) is 0. The molecule has 0 atom stereocenters. The first kappa shape index (κ1) is 6.92. The molecule has 2 heteroatoms. The Morgan fingerprint density at radius 3 is 1.71 bits per heavy atom. The normalized spacial score (nSPS) is 12.0. The molecule has 0 fully saturated rings. The van der Waals surface area contributed by atoms with E-state index >= 15 is 0 Å². The SMILES string of the molecule is [C]OOC(C)(C)C. The molecule has 0 rings (SSSR count). The Morgan fingerprint density at radius 1 is 1.29 bits per heavy atom. The van der Waals surface area contributed by atoms with Gasteiger partial charge in [0.15, 0.2) is 0 Å². The zero-order chi connectivity index (χ0) is 5.91. The standard InChI is InChI=1S/C5H9O2/c1-5(2,3)7-6-4/h1-3H3. The van der Waals surface area contributed by atoms with Gasteiger partial charge in [-0.2, -0.15) is 0 Å². The van der Waals surface area contributed by atoms with E-state index in [9.17, 15) is 0 Å². The van der Waals surface area contributed by atoms with Crippen molar-refractivity contribution in [3.63, 3.8) is 0 Å². The van der Waals surface area contributed by atoms with Gasteiger partial charge in [0.2, 0.25) is 7.11 Å². The van der Waals surface area contributed by atoms with Crippen LogP contribution < -0.4 is 0 Å². The van der Waals surface area contributed by atoms with Crippen molar-refractivity contribution in [1.82, 2.24) is 0 Å². The molecular formula is C5H9O2. The molecule has 41 valence electrons. The lowest BCUT2D eigenvalue weighted by Crippen LogP contribution is -2.17. The van der Waals surface area contributed by atoms with Gasteiger partial charge in [0.05, 0.1) is 5.60 Å². The molecular weight excluding hydrogens is 92.1 g/mol. The molecule has 0 unspecified atom stereocenters. The maximum atomic E-state index is 6.14. The predicted octanol–water partition coefficient (Wildman–Crippen LogP) is 1.28. The molecule has 2 nitrogen and oxygen atoms in total. The van der Waals surface area contributed by atoms with Crippen LogP contribution in [0, 0.1) is 7.11 Å². The molecule has 0 saturated heterocycles. The van der Waals surface area contributed by atoms with Gasteiger partial charge in [-0.25, -0.2) is 9.78 Å². The van der Waals surface area contributed by atoms with Crippen molar-refractivity contribution < 1.29 is 9.78 Å². The highest BCUT2D eigenvalue weighted by molar-refractivity contribution is 4.54. The first-order chi connectivity index (χ1) is 3.06. The van der Waals surface area contributed by atoms with Crippen molar-refractivity contribution in [1.29, 1.82) is 0 Å². The lowest BCUT2D eigenvalue weighted by molar-refractivity contribution is -0.313. The van der Waals surface area contributed by atoms with Crippen molar-refractivity contribution in [2.24, 2.45) is 0 Å². The Balaban J connectivity index is 3.15. The van der Waals surface area contributed by atoms with Crippen LogP contribution in [-0.2, 0) is 9.78 Å². The largest absolute Gasteiger partial charge is 0.230 e. The summed E-state index contributed by atoms with van der Waals surface area (Å²) < 4.78 is 0. The highest BCUT2D eigenvalue weighted by Crippen LogP contribution is 2.05. The van der Waals surface area contributed by atoms with Gasteiger partial charge in [0, 0.05) is 0 Å². The second-order valence-electron chi connectivity index (χ2n) is 2.28. The Bertz CT molecular complexity index is 44.5. The molecule has 0 aromatic carbocycles. The number of hydrogen-bond acceptors (Lipinski definition) is 2. The summed E-state index contributed by atoms with van der Waals surface area (Å²) >= 11 is 0. The van der Waals surface area contributed by atoms with Crippen LogP contribution in [0.25, 0.3) is 0 Å². The van der Waals surface area contributed by atoms with Crippen LogP contribution >= 0.6 is 0 Å². The molecule has 0 heterocycles. The van der Waals surface area contributed by atoms with Crippen molar-refractivity contribution in [3.8, 4) is 0 Å². The second kappa shape index (κ2) is 2.28. The zero-order valence-electron chi connectivity index (χ0n) is 4.82. The van der Waals surface area contributed by atoms with E-state index in [2.05, 4.69) is 9.78 Å². The Labute approximate surface area is 44.4 Å². The first-order valence-electron chi connectivity index (χ1n) is 2.07. The van der Waals surface area contributed by atoms with Crippen molar-refractivity contribution in [3.05, 3.63) is 7.11 Å². The molecule has 0 spiro atoms. The Kier molecular flexibility index (Phi) is 2.26. The second-order valence-corrected chi connectivity index (χ2v) is 2.28. The quantitative estimate of drug-likeness (QED) is 0.366. The molecule has 0 N–H and O–H groups in total. The average Bonchev–Trinajstić information content (AvgIpc) is 1.30. The maximum absolute atomic E-state index is 6.14. The molecule has 0 aromatic heterocycles. The van der Waals surface area contributed by atoms with Crippen molar-refractivity contribution in [2.75, 3.05) is 0 Å². The lowest BCUT2D eigenvalue weighted by Gasteiger charge is -2.14.